The topological polar surface area (TPSA) is 62.1 Å². The van der Waals surface area contributed by atoms with Crippen LogP contribution in [0.2, 0.25) is 0 Å². The van der Waals surface area contributed by atoms with E-state index in [1.54, 1.807) is 18.2 Å². The number of hydrogen-bond donors (Lipinski definition) is 1. The molecule has 6 heteroatoms. The van der Waals surface area contributed by atoms with Crippen molar-refractivity contribution in [3.05, 3.63) is 99.6 Å². The van der Waals surface area contributed by atoms with E-state index in [0.29, 0.717) is 17.5 Å². The van der Waals surface area contributed by atoms with Crippen molar-refractivity contribution < 1.29 is 18.3 Å². The van der Waals surface area contributed by atoms with Crippen LogP contribution in [0.25, 0.3) is 0 Å². The molecule has 34 heavy (non-hydrogen) atoms. The summed E-state index contributed by atoms with van der Waals surface area (Å²) in [6.07, 6.45) is 0.688. The molecule has 0 saturated carbocycles. The van der Waals surface area contributed by atoms with E-state index in [9.17, 15) is 13.6 Å². The monoisotopic (exact) mass is 462 g/mol. The maximum Gasteiger partial charge on any atom is 0.252 e. The van der Waals surface area contributed by atoms with E-state index in [1.165, 1.54) is 0 Å². The molecule has 0 aliphatic carbocycles. The minimum absolute atomic E-state index is 0.0420. The average molecular weight is 463 g/mol. The molecule has 0 atom stereocenters. The Balaban J connectivity index is 1.87. The zero-order chi connectivity index (χ0) is 24.9. The lowest BCUT2D eigenvalue weighted by Gasteiger charge is -2.28. The first kappa shape index (κ1) is 24.9. The van der Waals surface area contributed by atoms with E-state index in [-0.39, 0.29) is 24.7 Å². The third kappa shape index (κ3) is 6.20. The number of ether oxygens (including phenoxy) is 1. The van der Waals surface area contributed by atoms with Crippen molar-refractivity contribution in [3.8, 4) is 11.8 Å². The molecule has 0 saturated heterocycles. The number of rotatable bonds is 8. The Morgan fingerprint density at radius 3 is 2.41 bits per heavy atom. The molecule has 3 rings (SSSR count). The quantitative estimate of drug-likeness (QED) is 0.428. The summed E-state index contributed by atoms with van der Waals surface area (Å²) in [5.41, 5.74) is 4.34. The van der Waals surface area contributed by atoms with Crippen molar-refractivity contribution in [2.75, 3.05) is 0 Å². The highest BCUT2D eigenvalue weighted by Gasteiger charge is 2.25. The van der Waals surface area contributed by atoms with Crippen molar-refractivity contribution in [2.45, 2.75) is 52.7 Å². The van der Waals surface area contributed by atoms with Gasteiger partial charge >= 0.3 is 0 Å². The average Bonchev–Trinajstić information content (AvgIpc) is 2.77. The lowest BCUT2D eigenvalue weighted by atomic mass is 9.90. The molecule has 0 heterocycles. The summed E-state index contributed by atoms with van der Waals surface area (Å²) in [4.78, 5) is 13.4. The van der Waals surface area contributed by atoms with Gasteiger partial charge in [-0.1, -0.05) is 41.5 Å². The number of nitrogens with zero attached hydrogens (tertiary/aromatic N) is 1. The molecule has 0 aromatic heterocycles. The number of halogens is 2. The molecule has 0 radical (unpaired) electrons. The largest absolute Gasteiger partial charge is 0.486 e. The van der Waals surface area contributed by atoms with Gasteiger partial charge < -0.3 is 10.1 Å². The van der Waals surface area contributed by atoms with Gasteiger partial charge in [-0.3, -0.25) is 4.79 Å². The Labute approximate surface area is 199 Å². The second-order valence-corrected chi connectivity index (χ2v) is 8.97. The van der Waals surface area contributed by atoms with Crippen LogP contribution >= 0.6 is 0 Å². The van der Waals surface area contributed by atoms with E-state index < -0.39 is 17.2 Å². The molecule has 0 spiro atoms. The SMILES string of the molecule is Cc1cc(C)cc(C(C)(C)NC(=O)c2cc(COc3cc(F)ccc3F)ccc2CCC#N)c1. The van der Waals surface area contributed by atoms with E-state index in [4.69, 9.17) is 10.00 Å². The molecule has 0 aliphatic rings. The lowest BCUT2D eigenvalue weighted by Crippen LogP contribution is -2.41. The molecule has 3 aromatic rings. The summed E-state index contributed by atoms with van der Waals surface area (Å²) < 4.78 is 32.8. The fourth-order valence-corrected chi connectivity index (χ4v) is 3.84. The van der Waals surface area contributed by atoms with Gasteiger partial charge in [0.1, 0.15) is 12.4 Å². The Hall–Kier alpha value is -3.72. The van der Waals surface area contributed by atoms with Gasteiger partial charge in [0.05, 0.1) is 11.6 Å². The highest BCUT2D eigenvalue weighted by atomic mass is 19.1. The second-order valence-electron chi connectivity index (χ2n) is 8.97. The standard InChI is InChI=1S/C28H28F2N2O2/c1-18-12-19(2)14-22(13-18)28(3,4)32-27(33)24-15-20(7-8-21(24)6-5-11-31)17-34-26-16-23(29)9-10-25(26)30/h7-10,12-16H,5-6,17H2,1-4H3,(H,32,33). The van der Waals surface area contributed by atoms with Crippen LogP contribution in [0.5, 0.6) is 5.75 Å². The number of hydrogen-bond acceptors (Lipinski definition) is 3. The molecular formula is C28H28F2N2O2. The van der Waals surface area contributed by atoms with Gasteiger partial charge in [-0.15, -0.1) is 0 Å². The Bertz CT molecular complexity index is 1230. The number of carbonyl (C=O) groups excluding carboxylic acids is 1. The summed E-state index contributed by atoms with van der Waals surface area (Å²) in [7, 11) is 0. The minimum Gasteiger partial charge on any atom is -0.486 e. The summed E-state index contributed by atoms with van der Waals surface area (Å²) in [5.74, 6) is -1.75. The maximum atomic E-state index is 13.9. The Morgan fingerprint density at radius 1 is 1.03 bits per heavy atom. The molecule has 0 fully saturated rings. The van der Waals surface area contributed by atoms with Crippen molar-refractivity contribution in [1.29, 1.82) is 5.26 Å². The van der Waals surface area contributed by atoms with Gasteiger partial charge in [-0.25, -0.2) is 8.78 Å². The third-order valence-electron chi connectivity index (χ3n) is 5.58. The summed E-state index contributed by atoms with van der Waals surface area (Å²) in [6.45, 7) is 7.86. The smallest absolute Gasteiger partial charge is 0.252 e. The second kappa shape index (κ2) is 10.5. The summed E-state index contributed by atoms with van der Waals surface area (Å²) in [6, 6.07) is 16.5. The lowest BCUT2D eigenvalue weighted by molar-refractivity contribution is 0.0910. The predicted molar refractivity (Wildman–Crippen MR) is 127 cm³/mol. The molecule has 0 unspecified atom stereocenters. The van der Waals surface area contributed by atoms with Crippen LogP contribution in [0.4, 0.5) is 8.78 Å². The van der Waals surface area contributed by atoms with Crippen LogP contribution < -0.4 is 10.1 Å². The van der Waals surface area contributed by atoms with Gasteiger partial charge in [-0.2, -0.15) is 5.26 Å². The van der Waals surface area contributed by atoms with Crippen molar-refractivity contribution in [1.82, 2.24) is 5.32 Å². The van der Waals surface area contributed by atoms with E-state index in [0.717, 1.165) is 40.5 Å². The molecule has 1 amide bonds. The Morgan fingerprint density at radius 2 is 1.74 bits per heavy atom. The van der Waals surface area contributed by atoms with Crippen molar-refractivity contribution in [3.63, 3.8) is 0 Å². The van der Waals surface area contributed by atoms with Gasteiger partial charge in [0.2, 0.25) is 0 Å². The van der Waals surface area contributed by atoms with E-state index in [2.05, 4.69) is 17.5 Å². The van der Waals surface area contributed by atoms with Crippen molar-refractivity contribution >= 4 is 5.91 Å². The number of aryl methyl sites for hydroxylation is 3. The number of nitriles is 1. The third-order valence-corrected chi connectivity index (χ3v) is 5.58. The number of benzene rings is 3. The van der Waals surface area contributed by atoms with Crippen LogP contribution in [-0.4, -0.2) is 5.91 Å². The van der Waals surface area contributed by atoms with E-state index in [1.807, 2.05) is 39.8 Å². The van der Waals surface area contributed by atoms with Crippen LogP contribution in [0.1, 0.15) is 58.4 Å². The normalized spacial score (nSPS) is 11.1. The zero-order valence-electron chi connectivity index (χ0n) is 19.8. The van der Waals surface area contributed by atoms with Gasteiger partial charge in [-0.05, 0) is 69.0 Å². The minimum atomic E-state index is -0.666. The predicted octanol–water partition coefficient (Wildman–Crippen LogP) is 6.28. The highest BCUT2D eigenvalue weighted by Crippen LogP contribution is 2.25. The number of amides is 1. The van der Waals surface area contributed by atoms with E-state index >= 15 is 0 Å². The first-order valence-corrected chi connectivity index (χ1v) is 11.1. The molecule has 0 aliphatic heterocycles. The number of carbonyl (C=O) groups is 1. The fourth-order valence-electron chi connectivity index (χ4n) is 3.84. The maximum absolute atomic E-state index is 13.9. The van der Waals surface area contributed by atoms with Crippen LogP contribution in [0.15, 0.2) is 54.6 Å². The van der Waals surface area contributed by atoms with Gasteiger partial charge in [0.15, 0.2) is 11.6 Å². The molecule has 4 nitrogen and oxygen atoms in total. The summed E-state index contributed by atoms with van der Waals surface area (Å²) in [5, 5.41) is 12.1. The molecule has 3 aromatic carbocycles. The Kier molecular flexibility index (Phi) is 7.68. The van der Waals surface area contributed by atoms with Crippen LogP contribution in [-0.2, 0) is 18.6 Å². The number of nitrogens with one attached hydrogen (secondary N) is 1. The first-order chi connectivity index (χ1) is 16.1. The van der Waals surface area contributed by atoms with Crippen LogP contribution in [0, 0.1) is 36.8 Å². The first-order valence-electron chi connectivity index (χ1n) is 11.1. The van der Waals surface area contributed by atoms with Crippen molar-refractivity contribution in [2.24, 2.45) is 0 Å². The highest BCUT2D eigenvalue weighted by molar-refractivity contribution is 5.96. The molecular weight excluding hydrogens is 434 g/mol. The fraction of sp³-hybridized carbons (Fsp3) is 0.286. The zero-order valence-corrected chi connectivity index (χ0v) is 19.8. The summed E-state index contributed by atoms with van der Waals surface area (Å²) >= 11 is 0. The molecule has 1 N–H and O–H groups in total. The van der Waals surface area contributed by atoms with Crippen LogP contribution in [0.3, 0.4) is 0 Å². The van der Waals surface area contributed by atoms with Gasteiger partial charge in [0, 0.05) is 18.1 Å². The molecule has 176 valence electrons. The molecule has 0 bridgehead atoms. The van der Waals surface area contributed by atoms with Gasteiger partial charge in [0.25, 0.3) is 5.91 Å².